The fourth-order valence-corrected chi connectivity index (χ4v) is 2.60. The summed E-state index contributed by atoms with van der Waals surface area (Å²) in [5.74, 6) is -0.278. The van der Waals surface area contributed by atoms with Crippen LogP contribution < -0.4 is 5.73 Å². The summed E-state index contributed by atoms with van der Waals surface area (Å²) in [7, 11) is 0. The molecule has 0 saturated carbocycles. The normalized spacial score (nSPS) is 10.4. The van der Waals surface area contributed by atoms with Crippen LogP contribution in [0.5, 0.6) is 0 Å². The molecule has 4 heteroatoms. The first-order valence-electron chi connectivity index (χ1n) is 3.97. The average molecular weight is 272 g/mol. The Hall–Kier alpha value is -0.870. The van der Waals surface area contributed by atoms with E-state index in [2.05, 4.69) is 15.9 Å². The van der Waals surface area contributed by atoms with Crippen LogP contribution in [-0.2, 0) is 0 Å². The third kappa shape index (κ3) is 1.81. The van der Waals surface area contributed by atoms with Crippen LogP contribution in [0.1, 0.15) is 0 Å². The van der Waals surface area contributed by atoms with E-state index in [4.69, 9.17) is 5.73 Å². The van der Waals surface area contributed by atoms with Gasteiger partial charge in [-0.25, -0.2) is 4.39 Å². The standard InChI is InChI=1S/C10H7BrFNS/c11-10-4-3-9(14-10)7-2-1-6(13)5-8(7)12/h1-5H,13H2. The third-order valence-corrected chi connectivity index (χ3v) is 3.49. The maximum Gasteiger partial charge on any atom is 0.133 e. The Kier molecular flexibility index (Phi) is 2.56. The molecule has 0 bridgehead atoms. The van der Waals surface area contributed by atoms with Gasteiger partial charge in [-0.1, -0.05) is 0 Å². The predicted octanol–water partition coefficient (Wildman–Crippen LogP) is 3.90. The molecule has 0 unspecified atom stereocenters. The van der Waals surface area contributed by atoms with Crippen LogP contribution in [0.4, 0.5) is 10.1 Å². The highest BCUT2D eigenvalue weighted by molar-refractivity contribution is 9.11. The molecule has 1 aromatic heterocycles. The number of benzene rings is 1. The van der Waals surface area contributed by atoms with Crippen molar-refractivity contribution in [2.45, 2.75) is 0 Å². The van der Waals surface area contributed by atoms with E-state index >= 15 is 0 Å². The summed E-state index contributed by atoms with van der Waals surface area (Å²) >= 11 is 4.84. The molecule has 0 aliphatic carbocycles. The third-order valence-electron chi connectivity index (χ3n) is 1.83. The number of halogens is 2. The first kappa shape index (κ1) is 9.68. The molecule has 14 heavy (non-hydrogen) atoms. The Labute approximate surface area is 93.5 Å². The van der Waals surface area contributed by atoms with Gasteiger partial charge in [0.25, 0.3) is 0 Å². The molecule has 0 aliphatic rings. The SMILES string of the molecule is Nc1ccc(-c2ccc(Br)s2)c(F)c1. The number of rotatable bonds is 1. The van der Waals surface area contributed by atoms with Gasteiger partial charge in [0.1, 0.15) is 5.82 Å². The molecule has 2 aromatic rings. The Morgan fingerprint density at radius 3 is 2.57 bits per heavy atom. The molecule has 0 saturated heterocycles. The molecule has 0 atom stereocenters. The summed E-state index contributed by atoms with van der Waals surface area (Å²) in [5, 5.41) is 0. The molecule has 0 radical (unpaired) electrons. The highest BCUT2D eigenvalue weighted by atomic mass is 79.9. The summed E-state index contributed by atoms with van der Waals surface area (Å²) in [6.45, 7) is 0. The molecule has 1 nitrogen and oxygen atoms in total. The molecule has 0 aliphatic heterocycles. The zero-order valence-electron chi connectivity index (χ0n) is 7.13. The van der Waals surface area contributed by atoms with Gasteiger partial charge >= 0.3 is 0 Å². The first-order valence-corrected chi connectivity index (χ1v) is 5.58. The Morgan fingerprint density at radius 2 is 2.00 bits per heavy atom. The molecule has 1 aromatic carbocycles. The maximum atomic E-state index is 13.5. The summed E-state index contributed by atoms with van der Waals surface area (Å²) in [4.78, 5) is 0.898. The lowest BCUT2D eigenvalue weighted by Crippen LogP contribution is -1.87. The average Bonchev–Trinajstić information content (AvgIpc) is 2.51. The molecule has 2 N–H and O–H groups in total. The molecule has 1 heterocycles. The van der Waals surface area contributed by atoms with Gasteiger partial charge in [0.2, 0.25) is 0 Å². The number of thiophene rings is 1. The van der Waals surface area contributed by atoms with Crippen molar-refractivity contribution in [3.63, 3.8) is 0 Å². The van der Waals surface area contributed by atoms with E-state index in [-0.39, 0.29) is 5.82 Å². The van der Waals surface area contributed by atoms with Gasteiger partial charge in [0.15, 0.2) is 0 Å². The van der Waals surface area contributed by atoms with Gasteiger partial charge in [0, 0.05) is 16.1 Å². The van der Waals surface area contributed by atoms with Gasteiger partial charge < -0.3 is 5.73 Å². The summed E-state index contributed by atoms with van der Waals surface area (Å²) < 4.78 is 14.4. The topological polar surface area (TPSA) is 26.0 Å². The van der Waals surface area contributed by atoms with E-state index in [9.17, 15) is 4.39 Å². The molecule has 2 rings (SSSR count). The number of anilines is 1. The van der Waals surface area contributed by atoms with E-state index in [1.807, 2.05) is 12.1 Å². The predicted molar refractivity (Wildman–Crippen MR) is 61.8 cm³/mol. The Bertz CT molecular complexity index is 467. The maximum absolute atomic E-state index is 13.5. The van der Waals surface area contributed by atoms with Gasteiger partial charge in [-0.15, -0.1) is 11.3 Å². The van der Waals surface area contributed by atoms with E-state index in [0.29, 0.717) is 11.3 Å². The van der Waals surface area contributed by atoms with E-state index in [0.717, 1.165) is 8.66 Å². The minimum absolute atomic E-state index is 0.278. The number of nitrogens with two attached hydrogens (primary N) is 1. The monoisotopic (exact) mass is 271 g/mol. The van der Waals surface area contributed by atoms with E-state index in [1.165, 1.54) is 17.4 Å². The van der Waals surface area contributed by atoms with Gasteiger partial charge in [0.05, 0.1) is 3.79 Å². The van der Waals surface area contributed by atoms with Gasteiger partial charge in [-0.2, -0.15) is 0 Å². The largest absolute Gasteiger partial charge is 0.399 e. The summed E-state index contributed by atoms with van der Waals surface area (Å²) in [6, 6.07) is 8.51. The van der Waals surface area contributed by atoms with Crippen molar-refractivity contribution in [2.75, 3.05) is 5.73 Å². The van der Waals surface area contributed by atoms with Crippen LogP contribution >= 0.6 is 27.3 Å². The Balaban J connectivity index is 2.52. The van der Waals surface area contributed by atoms with Crippen molar-refractivity contribution in [3.8, 4) is 10.4 Å². The van der Waals surface area contributed by atoms with Crippen LogP contribution in [0.25, 0.3) is 10.4 Å². The smallest absolute Gasteiger partial charge is 0.133 e. The lowest BCUT2D eigenvalue weighted by molar-refractivity contribution is 0.632. The second kappa shape index (κ2) is 3.71. The van der Waals surface area contributed by atoms with Crippen molar-refractivity contribution >= 4 is 33.0 Å². The summed E-state index contributed by atoms with van der Waals surface area (Å²) in [5.41, 5.74) is 6.50. The fourth-order valence-electron chi connectivity index (χ4n) is 1.19. The van der Waals surface area contributed by atoms with E-state index < -0.39 is 0 Å². The molecule has 0 spiro atoms. The van der Waals surface area contributed by atoms with Gasteiger partial charge in [-0.3, -0.25) is 0 Å². The molecule has 0 amide bonds. The summed E-state index contributed by atoms with van der Waals surface area (Å²) in [6.07, 6.45) is 0. The first-order chi connectivity index (χ1) is 6.66. The minimum Gasteiger partial charge on any atom is -0.399 e. The van der Waals surface area contributed by atoms with Crippen LogP contribution in [0, 0.1) is 5.82 Å². The van der Waals surface area contributed by atoms with Crippen molar-refractivity contribution in [3.05, 3.63) is 39.9 Å². The zero-order chi connectivity index (χ0) is 10.1. The second-order valence-corrected chi connectivity index (χ2v) is 5.31. The number of hydrogen-bond acceptors (Lipinski definition) is 2. The van der Waals surface area contributed by atoms with E-state index in [1.54, 1.807) is 12.1 Å². The van der Waals surface area contributed by atoms with Crippen LogP contribution in [0.3, 0.4) is 0 Å². The van der Waals surface area contributed by atoms with Crippen molar-refractivity contribution in [1.82, 2.24) is 0 Å². The lowest BCUT2D eigenvalue weighted by atomic mass is 10.1. The quantitative estimate of drug-likeness (QED) is 0.783. The minimum atomic E-state index is -0.278. The van der Waals surface area contributed by atoms with Crippen LogP contribution in [0.2, 0.25) is 0 Å². The van der Waals surface area contributed by atoms with Gasteiger partial charge in [-0.05, 0) is 46.3 Å². The van der Waals surface area contributed by atoms with Crippen LogP contribution in [0.15, 0.2) is 34.1 Å². The fraction of sp³-hybridized carbons (Fsp3) is 0. The van der Waals surface area contributed by atoms with Crippen molar-refractivity contribution in [1.29, 1.82) is 0 Å². The Morgan fingerprint density at radius 1 is 1.21 bits per heavy atom. The molecule has 0 fully saturated rings. The highest BCUT2D eigenvalue weighted by Gasteiger charge is 2.07. The number of nitrogen functional groups attached to an aromatic ring is 1. The second-order valence-electron chi connectivity index (χ2n) is 2.84. The zero-order valence-corrected chi connectivity index (χ0v) is 9.53. The number of hydrogen-bond donors (Lipinski definition) is 1. The van der Waals surface area contributed by atoms with Crippen LogP contribution in [-0.4, -0.2) is 0 Å². The van der Waals surface area contributed by atoms with Crippen molar-refractivity contribution in [2.24, 2.45) is 0 Å². The molecule has 72 valence electrons. The molecular formula is C10H7BrFNS. The highest BCUT2D eigenvalue weighted by Crippen LogP contribution is 2.33. The molecular weight excluding hydrogens is 265 g/mol. The van der Waals surface area contributed by atoms with Crippen molar-refractivity contribution < 1.29 is 4.39 Å². The lowest BCUT2D eigenvalue weighted by Gasteiger charge is -2.00.